The summed E-state index contributed by atoms with van der Waals surface area (Å²) in [7, 11) is 0. The molecule has 1 aromatic rings. The summed E-state index contributed by atoms with van der Waals surface area (Å²) in [5.41, 5.74) is 5.04. The number of aryl methyl sites for hydroxylation is 2. The lowest BCUT2D eigenvalue weighted by atomic mass is 10.1. The molecule has 23 heavy (non-hydrogen) atoms. The van der Waals surface area contributed by atoms with Gasteiger partial charge in [0, 0.05) is 18.5 Å². The average Bonchev–Trinajstić information content (AvgIpc) is 2.55. The van der Waals surface area contributed by atoms with Crippen molar-refractivity contribution in [1.29, 1.82) is 0 Å². The molecule has 1 aliphatic heterocycles. The number of esters is 1. The Bertz CT molecular complexity index is 667. The second-order valence-electron chi connectivity index (χ2n) is 5.18. The van der Waals surface area contributed by atoms with Crippen molar-refractivity contribution >= 4 is 29.2 Å². The van der Waals surface area contributed by atoms with Gasteiger partial charge in [-0.3, -0.25) is 9.59 Å². The summed E-state index contributed by atoms with van der Waals surface area (Å²) in [6.07, 6.45) is 1.18. The number of nitrogens with one attached hydrogen (secondary N) is 2. The zero-order chi connectivity index (χ0) is 16.8. The molecule has 0 saturated carbocycles. The number of benzene rings is 1. The largest absolute Gasteiger partial charge is 0.451 e. The highest BCUT2D eigenvalue weighted by Crippen LogP contribution is 2.20. The van der Waals surface area contributed by atoms with E-state index in [0.717, 1.165) is 23.2 Å². The van der Waals surface area contributed by atoms with Crippen LogP contribution in [0.5, 0.6) is 0 Å². The molecule has 7 heteroatoms. The Morgan fingerprint density at radius 3 is 2.78 bits per heavy atom. The van der Waals surface area contributed by atoms with E-state index in [4.69, 9.17) is 4.74 Å². The second-order valence-corrected chi connectivity index (χ2v) is 5.18. The van der Waals surface area contributed by atoms with Crippen LogP contribution >= 0.6 is 0 Å². The number of carbonyl (C=O) groups is 3. The summed E-state index contributed by atoms with van der Waals surface area (Å²) in [5, 5.41) is 6.39. The molecule has 0 fully saturated rings. The molecule has 0 spiro atoms. The molecule has 2 amide bonds. The quantitative estimate of drug-likeness (QED) is 0.800. The minimum atomic E-state index is -0.694. The van der Waals surface area contributed by atoms with Crippen LogP contribution in [0.4, 0.5) is 5.69 Å². The lowest BCUT2D eigenvalue weighted by Gasteiger charge is -2.14. The van der Waals surface area contributed by atoms with Crippen molar-refractivity contribution in [2.45, 2.75) is 33.1 Å². The molecule has 0 atom stereocenters. The summed E-state index contributed by atoms with van der Waals surface area (Å²) < 4.78 is 4.93. The van der Waals surface area contributed by atoms with E-state index in [1.165, 1.54) is 0 Å². The number of amides is 2. The summed E-state index contributed by atoms with van der Waals surface area (Å²) in [6, 6.07) is 5.77. The van der Waals surface area contributed by atoms with Crippen LogP contribution in [-0.2, 0) is 25.5 Å². The highest BCUT2D eigenvalue weighted by atomic mass is 16.5. The number of nitrogens with zero attached hydrogens (tertiary/aromatic N) is 1. The predicted molar refractivity (Wildman–Crippen MR) is 85.0 cm³/mol. The molecule has 2 rings (SSSR count). The van der Waals surface area contributed by atoms with Crippen molar-refractivity contribution in [3.8, 4) is 0 Å². The number of hydrazone groups is 1. The van der Waals surface area contributed by atoms with Crippen molar-refractivity contribution in [2.24, 2.45) is 5.10 Å². The smallest absolute Gasteiger partial charge is 0.355 e. The van der Waals surface area contributed by atoms with Gasteiger partial charge in [-0.25, -0.2) is 10.2 Å². The average molecular weight is 317 g/mol. The van der Waals surface area contributed by atoms with Gasteiger partial charge in [0.1, 0.15) is 5.71 Å². The summed E-state index contributed by atoms with van der Waals surface area (Å²) in [5.74, 6) is -1.35. The molecule has 1 aromatic carbocycles. The fraction of sp³-hybridized carbons (Fsp3) is 0.375. The van der Waals surface area contributed by atoms with Crippen LogP contribution in [0, 0.1) is 6.92 Å². The van der Waals surface area contributed by atoms with Crippen molar-refractivity contribution in [2.75, 3.05) is 11.9 Å². The van der Waals surface area contributed by atoms with E-state index in [-0.39, 0.29) is 24.5 Å². The first kappa shape index (κ1) is 16.7. The molecule has 0 radical (unpaired) electrons. The van der Waals surface area contributed by atoms with E-state index in [2.05, 4.69) is 15.8 Å². The van der Waals surface area contributed by atoms with Crippen molar-refractivity contribution in [1.82, 2.24) is 5.43 Å². The number of hydrogen-bond donors (Lipinski definition) is 2. The van der Waals surface area contributed by atoms with E-state index >= 15 is 0 Å². The van der Waals surface area contributed by atoms with Crippen LogP contribution in [0.3, 0.4) is 0 Å². The van der Waals surface area contributed by atoms with Gasteiger partial charge in [0.25, 0.3) is 5.91 Å². The maximum absolute atomic E-state index is 12.0. The van der Waals surface area contributed by atoms with E-state index in [9.17, 15) is 14.4 Å². The normalized spacial score (nSPS) is 13.8. The summed E-state index contributed by atoms with van der Waals surface area (Å²) in [4.78, 5) is 34.7. The lowest BCUT2D eigenvalue weighted by molar-refractivity contribution is -0.140. The maximum atomic E-state index is 12.0. The molecular weight excluding hydrogens is 298 g/mol. The van der Waals surface area contributed by atoms with Crippen LogP contribution in [0.1, 0.15) is 30.9 Å². The predicted octanol–water partition coefficient (Wildman–Crippen LogP) is 1.31. The van der Waals surface area contributed by atoms with E-state index in [1.54, 1.807) is 0 Å². The molecular formula is C16H19N3O4. The summed E-state index contributed by atoms with van der Waals surface area (Å²) in [6.45, 7) is 3.50. The monoisotopic (exact) mass is 317 g/mol. The third-order valence-corrected chi connectivity index (χ3v) is 3.48. The van der Waals surface area contributed by atoms with Crippen molar-refractivity contribution in [3.05, 3.63) is 29.3 Å². The molecule has 1 aliphatic rings. The molecule has 7 nitrogen and oxygen atoms in total. The van der Waals surface area contributed by atoms with Gasteiger partial charge in [-0.2, -0.15) is 5.10 Å². The lowest BCUT2D eigenvalue weighted by Crippen LogP contribution is -2.32. The number of rotatable bonds is 5. The minimum absolute atomic E-state index is 0.113. The van der Waals surface area contributed by atoms with E-state index < -0.39 is 18.5 Å². The highest BCUT2D eigenvalue weighted by molar-refractivity contribution is 6.37. The van der Waals surface area contributed by atoms with Gasteiger partial charge in [0.2, 0.25) is 5.91 Å². The molecule has 0 aliphatic carbocycles. The van der Waals surface area contributed by atoms with Gasteiger partial charge in [-0.05, 0) is 24.5 Å². The van der Waals surface area contributed by atoms with Gasteiger partial charge in [0.05, 0.1) is 0 Å². The van der Waals surface area contributed by atoms with Gasteiger partial charge >= 0.3 is 5.97 Å². The number of ether oxygens (including phenoxy) is 1. The standard InChI is InChI=1S/C16H19N3O4/c1-3-11-6-4-5-10(2)15(11)17-14(21)9-23-16(22)12-7-8-13(20)19-18-12/h4-6H,3,7-9H2,1-2H3,(H,17,21)(H,19,20). The Balaban J connectivity index is 1.91. The SMILES string of the molecule is CCc1cccc(C)c1NC(=O)COC(=O)C1=NNC(=O)CC1. The Morgan fingerprint density at radius 2 is 2.13 bits per heavy atom. The molecule has 0 unspecified atom stereocenters. The number of anilines is 1. The van der Waals surface area contributed by atoms with Crippen LogP contribution < -0.4 is 10.7 Å². The first-order valence-electron chi connectivity index (χ1n) is 7.42. The maximum Gasteiger partial charge on any atom is 0.355 e. The molecule has 0 saturated heterocycles. The minimum Gasteiger partial charge on any atom is -0.451 e. The fourth-order valence-corrected chi connectivity index (χ4v) is 2.21. The van der Waals surface area contributed by atoms with Crippen LogP contribution in [0.15, 0.2) is 23.3 Å². The van der Waals surface area contributed by atoms with Crippen molar-refractivity contribution in [3.63, 3.8) is 0 Å². The van der Waals surface area contributed by atoms with Gasteiger partial charge < -0.3 is 10.1 Å². The van der Waals surface area contributed by atoms with Gasteiger partial charge in [-0.1, -0.05) is 25.1 Å². The van der Waals surface area contributed by atoms with Gasteiger partial charge in [0.15, 0.2) is 6.61 Å². The van der Waals surface area contributed by atoms with Crippen LogP contribution in [-0.4, -0.2) is 30.1 Å². The zero-order valence-corrected chi connectivity index (χ0v) is 13.1. The highest BCUT2D eigenvalue weighted by Gasteiger charge is 2.20. The molecule has 0 aromatic heterocycles. The first-order chi connectivity index (χ1) is 11.0. The third-order valence-electron chi connectivity index (χ3n) is 3.48. The Hall–Kier alpha value is -2.70. The second kappa shape index (κ2) is 7.53. The number of carbonyl (C=O) groups excluding carboxylic acids is 3. The molecule has 1 heterocycles. The van der Waals surface area contributed by atoms with E-state index in [0.29, 0.717) is 0 Å². The van der Waals surface area contributed by atoms with E-state index in [1.807, 2.05) is 32.0 Å². The number of para-hydroxylation sites is 1. The number of hydrogen-bond acceptors (Lipinski definition) is 5. The van der Waals surface area contributed by atoms with Crippen LogP contribution in [0.25, 0.3) is 0 Å². The Kier molecular flexibility index (Phi) is 5.46. The van der Waals surface area contributed by atoms with Crippen LogP contribution in [0.2, 0.25) is 0 Å². The van der Waals surface area contributed by atoms with Gasteiger partial charge in [-0.15, -0.1) is 0 Å². The molecule has 0 bridgehead atoms. The zero-order valence-electron chi connectivity index (χ0n) is 13.1. The molecule has 122 valence electrons. The fourth-order valence-electron chi connectivity index (χ4n) is 2.21. The Labute approximate surface area is 134 Å². The van der Waals surface area contributed by atoms with Crippen molar-refractivity contribution < 1.29 is 19.1 Å². The summed E-state index contributed by atoms with van der Waals surface area (Å²) >= 11 is 0. The first-order valence-corrected chi connectivity index (χ1v) is 7.42. The third kappa shape index (κ3) is 4.38. The topological polar surface area (TPSA) is 96.9 Å². The Morgan fingerprint density at radius 1 is 1.35 bits per heavy atom. The molecule has 2 N–H and O–H groups in total.